The van der Waals surface area contributed by atoms with Gasteiger partial charge in [0, 0.05) is 50.9 Å². The summed E-state index contributed by atoms with van der Waals surface area (Å²) in [5.41, 5.74) is 4.77. The summed E-state index contributed by atoms with van der Waals surface area (Å²) in [5.74, 6) is 2.20. The molecule has 2 aliphatic heterocycles. The van der Waals surface area contributed by atoms with Crippen LogP contribution in [-0.2, 0) is 19.5 Å². The zero-order chi connectivity index (χ0) is 29.2. The molecule has 2 aliphatic rings. The zero-order valence-corrected chi connectivity index (χ0v) is 24.9. The van der Waals surface area contributed by atoms with Gasteiger partial charge < -0.3 is 9.64 Å². The first-order chi connectivity index (χ1) is 20.4. The molecule has 2 aromatic carbocycles. The van der Waals surface area contributed by atoms with E-state index >= 15 is 0 Å². The van der Waals surface area contributed by atoms with Crippen LogP contribution in [0.3, 0.4) is 0 Å². The molecule has 0 radical (unpaired) electrons. The quantitative estimate of drug-likeness (QED) is 0.286. The molecule has 9 nitrogen and oxygen atoms in total. The van der Waals surface area contributed by atoms with Crippen LogP contribution < -0.4 is 14.5 Å². The lowest BCUT2D eigenvalue weighted by Crippen LogP contribution is -2.46. The van der Waals surface area contributed by atoms with Gasteiger partial charge >= 0.3 is 6.03 Å². The molecule has 0 aliphatic carbocycles. The number of hydrogen-bond donors (Lipinski definition) is 0. The largest absolute Gasteiger partial charge is 0.495 e. The van der Waals surface area contributed by atoms with Crippen LogP contribution in [0.2, 0.25) is 5.02 Å². The van der Waals surface area contributed by atoms with Gasteiger partial charge in [0.15, 0.2) is 5.82 Å². The number of methoxy groups -OCH3 is 1. The maximum absolute atomic E-state index is 14.1. The number of amides is 2. The number of pyridine rings is 1. The van der Waals surface area contributed by atoms with Crippen LogP contribution in [0.4, 0.5) is 22.1 Å². The fraction of sp³-hybridized carbons (Fsp3) is 0.312. The van der Waals surface area contributed by atoms with E-state index in [1.807, 2.05) is 25.3 Å². The van der Waals surface area contributed by atoms with Crippen LogP contribution in [0.25, 0.3) is 0 Å². The minimum absolute atomic E-state index is 0.283. The minimum Gasteiger partial charge on any atom is -0.495 e. The molecule has 0 N–H and O–H groups in total. The zero-order valence-electron chi connectivity index (χ0n) is 24.1. The smallest absolute Gasteiger partial charge is 0.336 e. The Balaban J connectivity index is 1.28. The molecule has 216 valence electrons. The Labute approximate surface area is 251 Å². The highest BCUT2D eigenvalue weighted by Crippen LogP contribution is 2.39. The lowest BCUT2D eigenvalue weighted by molar-refractivity contribution is 0.148. The molecule has 42 heavy (non-hydrogen) atoms. The van der Waals surface area contributed by atoms with Crippen LogP contribution >= 0.6 is 11.6 Å². The van der Waals surface area contributed by atoms with Crippen molar-refractivity contribution in [3.05, 3.63) is 100 Å². The first kappa shape index (κ1) is 28.1. The second-order valence-corrected chi connectivity index (χ2v) is 11.3. The number of para-hydroxylation sites is 1. The summed E-state index contributed by atoms with van der Waals surface area (Å²) in [5, 5.41) is 0.503. The van der Waals surface area contributed by atoms with Crippen molar-refractivity contribution in [3.8, 4) is 5.75 Å². The van der Waals surface area contributed by atoms with Gasteiger partial charge in [-0.2, -0.15) is 0 Å². The number of urea groups is 1. The van der Waals surface area contributed by atoms with E-state index in [0.29, 0.717) is 46.9 Å². The molecule has 1 fully saturated rings. The van der Waals surface area contributed by atoms with Crippen molar-refractivity contribution in [3.63, 3.8) is 0 Å². The molecule has 4 heterocycles. The maximum atomic E-state index is 14.1. The Bertz CT molecular complexity index is 1550. The second kappa shape index (κ2) is 12.1. The van der Waals surface area contributed by atoms with Crippen LogP contribution in [-0.4, -0.2) is 71.1 Å². The number of piperazine rings is 1. The molecule has 2 aromatic heterocycles. The normalized spacial score (nSPS) is 16.0. The molecule has 10 heteroatoms. The lowest BCUT2D eigenvalue weighted by Gasteiger charge is -2.36. The van der Waals surface area contributed by atoms with E-state index < -0.39 is 0 Å². The molecule has 0 bridgehead atoms. The van der Waals surface area contributed by atoms with Gasteiger partial charge in [-0.25, -0.2) is 24.6 Å². The third kappa shape index (κ3) is 5.81. The highest BCUT2D eigenvalue weighted by molar-refractivity contribution is 6.34. The number of halogens is 1. The lowest BCUT2D eigenvalue weighted by atomic mass is 10.1. The molecule has 0 spiro atoms. The highest BCUT2D eigenvalue weighted by Gasteiger charge is 2.36. The molecule has 2 amide bonds. The third-order valence-electron chi connectivity index (χ3n) is 7.89. The highest BCUT2D eigenvalue weighted by atomic mass is 35.5. The van der Waals surface area contributed by atoms with Gasteiger partial charge in [0.05, 0.1) is 30.6 Å². The number of carbonyl (C=O) groups excluding carboxylic acids is 1. The number of anilines is 3. The van der Waals surface area contributed by atoms with E-state index in [-0.39, 0.29) is 6.03 Å². The van der Waals surface area contributed by atoms with Crippen molar-refractivity contribution >= 4 is 35.0 Å². The first-order valence-electron chi connectivity index (χ1n) is 14.1. The van der Waals surface area contributed by atoms with Gasteiger partial charge in [-0.3, -0.25) is 9.80 Å². The number of likely N-dealkylation sites (N-methyl/N-ethyl adjacent to an activating group) is 1. The number of rotatable bonds is 7. The van der Waals surface area contributed by atoms with E-state index in [0.717, 1.165) is 49.4 Å². The molecular formula is C32H34ClN7O2. The molecule has 0 saturated carbocycles. The van der Waals surface area contributed by atoms with Crippen LogP contribution in [0, 0.1) is 6.92 Å². The van der Waals surface area contributed by atoms with E-state index in [1.54, 1.807) is 36.4 Å². The summed E-state index contributed by atoms with van der Waals surface area (Å²) in [6.07, 6.45) is 3.95. The van der Waals surface area contributed by atoms with E-state index in [2.05, 4.69) is 46.1 Å². The summed E-state index contributed by atoms with van der Waals surface area (Å²) >= 11 is 6.60. The molecule has 4 aromatic rings. The summed E-state index contributed by atoms with van der Waals surface area (Å²) in [4.78, 5) is 36.3. The number of carbonyl (C=O) groups is 1. The van der Waals surface area contributed by atoms with E-state index in [9.17, 15) is 4.79 Å². The summed E-state index contributed by atoms with van der Waals surface area (Å²) < 4.78 is 5.29. The van der Waals surface area contributed by atoms with Gasteiger partial charge in [-0.05, 0) is 48.9 Å². The van der Waals surface area contributed by atoms with Gasteiger partial charge in [0.2, 0.25) is 0 Å². The standard InChI is InChI=1S/C32H34ClN7O2/c1-22-5-4-6-27(33)30(22)39-21-25-18-34-28(36-31(25)40(32(39)41)29-12-11-26(42-3)19-35-29)17-23-7-9-24(10-8-23)20-38-15-13-37(2)14-16-38/h4-12,18-19H,13-17,20-21H2,1-3H3. The van der Waals surface area contributed by atoms with Crippen LogP contribution in [0.5, 0.6) is 5.75 Å². The maximum Gasteiger partial charge on any atom is 0.336 e. The molecule has 0 atom stereocenters. The topological polar surface area (TPSA) is 77.9 Å². The minimum atomic E-state index is -0.283. The SMILES string of the molecule is COc1ccc(N2C(=O)N(c3c(C)cccc3Cl)Cc3cnc(Cc4ccc(CN5CCN(C)CC5)cc4)nc32)nc1. The van der Waals surface area contributed by atoms with Gasteiger partial charge in [0.1, 0.15) is 17.4 Å². The van der Waals surface area contributed by atoms with Crippen LogP contribution in [0.1, 0.15) is 28.1 Å². The monoisotopic (exact) mass is 583 g/mol. The first-order valence-corrected chi connectivity index (χ1v) is 14.5. The van der Waals surface area contributed by atoms with Crippen molar-refractivity contribution in [2.24, 2.45) is 0 Å². The van der Waals surface area contributed by atoms with Gasteiger partial charge in [0.25, 0.3) is 0 Å². The fourth-order valence-corrected chi connectivity index (χ4v) is 5.78. The second-order valence-electron chi connectivity index (χ2n) is 10.9. The van der Waals surface area contributed by atoms with Crippen molar-refractivity contribution in [1.82, 2.24) is 24.8 Å². The summed E-state index contributed by atoms with van der Waals surface area (Å²) in [6, 6.07) is 17.5. The fourth-order valence-electron chi connectivity index (χ4n) is 5.45. The average molecular weight is 584 g/mol. The Morgan fingerprint density at radius 1 is 0.929 bits per heavy atom. The van der Waals surface area contributed by atoms with Gasteiger partial charge in [-0.1, -0.05) is 48.0 Å². The molecule has 6 rings (SSSR count). The van der Waals surface area contributed by atoms with E-state index in [4.69, 9.17) is 26.3 Å². The number of benzene rings is 2. The van der Waals surface area contributed by atoms with Crippen LogP contribution in [0.15, 0.2) is 67.0 Å². The van der Waals surface area contributed by atoms with Crippen molar-refractivity contribution in [1.29, 1.82) is 0 Å². The number of aryl methyl sites for hydroxylation is 1. The Kier molecular flexibility index (Phi) is 8.06. The Hall–Kier alpha value is -4.05. The summed E-state index contributed by atoms with van der Waals surface area (Å²) in [6.45, 7) is 7.59. The van der Waals surface area contributed by atoms with Gasteiger partial charge in [-0.15, -0.1) is 0 Å². The third-order valence-corrected chi connectivity index (χ3v) is 8.19. The van der Waals surface area contributed by atoms with Crippen molar-refractivity contribution in [2.75, 3.05) is 50.1 Å². The Morgan fingerprint density at radius 2 is 1.69 bits per heavy atom. The number of nitrogens with zero attached hydrogens (tertiary/aromatic N) is 7. The number of ether oxygens (including phenoxy) is 1. The van der Waals surface area contributed by atoms with E-state index in [1.165, 1.54) is 10.5 Å². The predicted molar refractivity (Wildman–Crippen MR) is 165 cm³/mol. The number of aromatic nitrogens is 3. The molecular weight excluding hydrogens is 550 g/mol. The van der Waals surface area contributed by atoms with Crippen molar-refractivity contribution < 1.29 is 9.53 Å². The molecule has 1 saturated heterocycles. The Morgan fingerprint density at radius 3 is 2.38 bits per heavy atom. The number of hydrogen-bond acceptors (Lipinski definition) is 7. The molecule has 0 unspecified atom stereocenters. The average Bonchev–Trinajstić information content (AvgIpc) is 3.00. The number of fused-ring (bicyclic) bond motifs is 1. The van der Waals surface area contributed by atoms with Crippen molar-refractivity contribution in [2.45, 2.75) is 26.4 Å². The summed E-state index contributed by atoms with van der Waals surface area (Å²) in [7, 11) is 3.76. The predicted octanol–water partition coefficient (Wildman–Crippen LogP) is 5.46.